The molecule has 0 aliphatic heterocycles. The first-order valence-corrected chi connectivity index (χ1v) is 26.1. The van der Waals surface area contributed by atoms with Crippen molar-refractivity contribution in [3.05, 3.63) is 102 Å². The maximum absolute atomic E-state index is 11.2. The molecule has 0 amide bonds. The van der Waals surface area contributed by atoms with Crippen LogP contribution in [0.5, 0.6) is 17.2 Å². The lowest BCUT2D eigenvalue weighted by atomic mass is 10.1. The van der Waals surface area contributed by atoms with Crippen molar-refractivity contribution >= 4 is 98.7 Å². The number of methoxy groups -OCH3 is 3. The highest BCUT2D eigenvalue weighted by molar-refractivity contribution is 8.14. The van der Waals surface area contributed by atoms with E-state index in [0.29, 0.717) is 22.6 Å². The average molecular weight is 953 g/mol. The van der Waals surface area contributed by atoms with Gasteiger partial charge in [-0.3, -0.25) is 0 Å². The normalized spacial score (nSPS) is 11.3. The van der Waals surface area contributed by atoms with Gasteiger partial charge in [0, 0.05) is 59.5 Å². The molecule has 0 spiro atoms. The second-order valence-electron chi connectivity index (χ2n) is 10.2. The fourth-order valence-electron chi connectivity index (χ4n) is 3.86. The van der Waals surface area contributed by atoms with Gasteiger partial charge in [-0.15, -0.1) is 0 Å². The quantitative estimate of drug-likeness (QED) is 0.164. The van der Waals surface area contributed by atoms with Gasteiger partial charge in [0.25, 0.3) is 36.2 Å². The van der Waals surface area contributed by atoms with Crippen molar-refractivity contribution in [1.29, 1.82) is 0 Å². The van der Waals surface area contributed by atoms with Crippen molar-refractivity contribution < 1.29 is 56.3 Å². The second-order valence-corrected chi connectivity index (χ2v) is 23.4. The van der Waals surface area contributed by atoms with Crippen molar-refractivity contribution in [2.24, 2.45) is 0 Å². The Labute approximate surface area is 339 Å². The summed E-state index contributed by atoms with van der Waals surface area (Å²) in [4.78, 5) is 0.349. The summed E-state index contributed by atoms with van der Waals surface area (Å²) in [6, 6.07) is 21.6. The summed E-state index contributed by atoms with van der Waals surface area (Å²) in [5, 5.41) is 0. The highest BCUT2D eigenvalue weighted by atomic mass is 35.7. The van der Waals surface area contributed by atoms with E-state index >= 15 is 0 Å². The molecule has 0 radical (unpaired) electrons. The minimum Gasteiger partial charge on any atom is -0.497 e. The molecular formula is C31H35Cl5O13S5. The molecule has 0 aliphatic carbocycles. The smallest absolute Gasteiger partial charge is 0.264 e. The number of ether oxygens (including phenoxy) is 3. The summed E-state index contributed by atoms with van der Waals surface area (Å²) in [6.45, 7) is 5.41. The van der Waals surface area contributed by atoms with Crippen LogP contribution in [0.2, 0.25) is 0 Å². The van der Waals surface area contributed by atoms with E-state index in [-0.39, 0.29) is 25.3 Å². The Morgan fingerprint density at radius 1 is 0.463 bits per heavy atom. The molecule has 0 saturated carbocycles. The van der Waals surface area contributed by atoms with E-state index in [9.17, 15) is 42.1 Å². The van der Waals surface area contributed by atoms with Crippen molar-refractivity contribution in [3.63, 3.8) is 0 Å². The van der Waals surface area contributed by atoms with E-state index in [1.165, 1.54) is 69.9 Å². The summed E-state index contributed by atoms with van der Waals surface area (Å²) in [6.07, 6.45) is 0.925. The van der Waals surface area contributed by atoms with Crippen molar-refractivity contribution in [2.75, 3.05) is 27.6 Å². The molecule has 4 aromatic carbocycles. The number of halogens is 5. The third-order valence-corrected chi connectivity index (χ3v) is 11.5. The minimum absolute atomic E-state index is 0.00540. The maximum Gasteiger partial charge on any atom is 0.264 e. The number of hydrogen-bond acceptors (Lipinski definition) is 13. The van der Waals surface area contributed by atoms with Crippen LogP contribution in [0.25, 0.3) is 0 Å². The molecule has 0 aliphatic rings. The predicted octanol–water partition coefficient (Wildman–Crippen LogP) is 7.59. The Hall–Kier alpha value is -2.52. The summed E-state index contributed by atoms with van der Waals surface area (Å²) in [5.74, 6) is 1.32. The Kier molecular flexibility index (Phi) is 21.2. The van der Waals surface area contributed by atoms with E-state index in [0.717, 1.165) is 11.8 Å². The summed E-state index contributed by atoms with van der Waals surface area (Å²) >= 11 is 0. The van der Waals surface area contributed by atoms with Crippen LogP contribution in [-0.4, -0.2) is 69.7 Å². The van der Waals surface area contributed by atoms with Crippen LogP contribution in [0.3, 0.4) is 0 Å². The van der Waals surface area contributed by atoms with Gasteiger partial charge in [0.2, 0.25) is 9.05 Å². The maximum atomic E-state index is 11.2. The molecule has 54 heavy (non-hydrogen) atoms. The SMILES string of the molecule is COc1ccc(S(=O)(=O)Cl)cc1.COc1cccc(S(=O)(=O)Cl)c1.COc1ccccc1S(=O)(=O)Cl.CS(=O)(=O)Cl.Cc1cc(C)c(S(=O)(=O)Cl)c(C)c1. The highest BCUT2D eigenvalue weighted by Gasteiger charge is 2.17. The van der Waals surface area contributed by atoms with Crippen molar-refractivity contribution in [3.8, 4) is 17.2 Å². The minimum atomic E-state index is -3.70. The lowest BCUT2D eigenvalue weighted by molar-refractivity contribution is 0.403. The van der Waals surface area contributed by atoms with Gasteiger partial charge in [-0.25, -0.2) is 42.1 Å². The monoisotopic (exact) mass is 950 g/mol. The van der Waals surface area contributed by atoms with Crippen molar-refractivity contribution in [1.82, 2.24) is 0 Å². The molecule has 0 saturated heterocycles. The van der Waals surface area contributed by atoms with Crippen LogP contribution in [0.15, 0.2) is 105 Å². The first-order valence-electron chi connectivity index (χ1n) is 14.1. The molecule has 0 heterocycles. The van der Waals surface area contributed by atoms with Crippen LogP contribution in [0.1, 0.15) is 16.7 Å². The molecule has 13 nitrogen and oxygen atoms in total. The lowest BCUT2D eigenvalue weighted by Crippen LogP contribution is -1.98. The fraction of sp³-hybridized carbons (Fsp3) is 0.226. The number of rotatable bonds is 7. The molecule has 0 unspecified atom stereocenters. The topological polar surface area (TPSA) is 198 Å². The van der Waals surface area contributed by atoms with E-state index in [1.807, 2.05) is 19.1 Å². The number of para-hydroxylation sites is 1. The van der Waals surface area contributed by atoms with Gasteiger partial charge in [-0.1, -0.05) is 35.9 Å². The summed E-state index contributed by atoms with van der Waals surface area (Å²) < 4.78 is 121. The Morgan fingerprint density at radius 3 is 1.26 bits per heavy atom. The van der Waals surface area contributed by atoms with Gasteiger partial charge in [-0.05, 0) is 80.4 Å². The molecule has 0 N–H and O–H groups in total. The zero-order valence-electron chi connectivity index (χ0n) is 29.3. The highest BCUT2D eigenvalue weighted by Crippen LogP contribution is 2.26. The molecule has 0 aromatic heterocycles. The molecule has 0 atom stereocenters. The standard InChI is InChI=1S/C9H11ClO2S.3C7H7ClO3S.CH3ClO2S/c1-6-4-7(2)9(8(3)5-6)13(10,11)12;1-11-6-2-4-7(5-3-6)12(8,9)10;1-11-6-3-2-4-7(5-6)12(8,9)10;1-11-6-4-2-3-5-7(6)12(8,9)10;1-5(2,3)4/h4-5H,1-3H3;3*2-5H,1H3;1H3. The van der Waals surface area contributed by atoms with Crippen LogP contribution in [-0.2, 0) is 45.3 Å². The molecule has 4 rings (SSSR count). The van der Waals surface area contributed by atoms with Crippen LogP contribution >= 0.6 is 53.4 Å². The third-order valence-electron chi connectivity index (χ3n) is 5.84. The van der Waals surface area contributed by atoms with Gasteiger partial charge in [0.1, 0.15) is 22.1 Å². The zero-order chi connectivity index (χ0) is 42.3. The van der Waals surface area contributed by atoms with Gasteiger partial charge < -0.3 is 14.2 Å². The number of benzene rings is 4. The van der Waals surface area contributed by atoms with Crippen LogP contribution in [0.4, 0.5) is 0 Å². The predicted molar refractivity (Wildman–Crippen MR) is 212 cm³/mol. The lowest BCUT2D eigenvalue weighted by Gasteiger charge is -2.07. The van der Waals surface area contributed by atoms with Gasteiger partial charge >= 0.3 is 0 Å². The number of hydrogen-bond donors (Lipinski definition) is 0. The van der Waals surface area contributed by atoms with Gasteiger partial charge in [0.15, 0.2) is 0 Å². The largest absolute Gasteiger partial charge is 0.497 e. The molecule has 0 bridgehead atoms. The number of aryl methyl sites for hydroxylation is 3. The van der Waals surface area contributed by atoms with Gasteiger partial charge in [-0.2, -0.15) is 0 Å². The summed E-state index contributed by atoms with van der Waals surface area (Å²) in [7, 11) is 11.7. The van der Waals surface area contributed by atoms with Crippen LogP contribution < -0.4 is 14.2 Å². The Morgan fingerprint density at radius 2 is 0.907 bits per heavy atom. The van der Waals surface area contributed by atoms with Gasteiger partial charge in [0.05, 0.1) is 42.3 Å². The van der Waals surface area contributed by atoms with E-state index in [1.54, 1.807) is 38.1 Å². The first-order chi connectivity index (χ1) is 24.4. The Balaban J connectivity index is 0.000000666. The van der Waals surface area contributed by atoms with Crippen molar-refractivity contribution in [2.45, 2.75) is 40.4 Å². The summed E-state index contributed by atoms with van der Waals surface area (Å²) in [5.41, 5.74) is 2.44. The van der Waals surface area contributed by atoms with E-state index in [2.05, 4.69) is 10.7 Å². The molecule has 302 valence electrons. The molecule has 4 aromatic rings. The Bertz CT molecular complexity index is 2380. The first kappa shape index (κ1) is 51.5. The zero-order valence-corrected chi connectivity index (χ0v) is 37.2. The third kappa shape index (κ3) is 21.0. The molecule has 23 heteroatoms. The van der Waals surface area contributed by atoms with Crippen LogP contribution in [0, 0.1) is 20.8 Å². The van der Waals surface area contributed by atoms with E-state index in [4.69, 9.17) is 56.9 Å². The fourth-order valence-corrected chi connectivity index (χ4v) is 8.05. The van der Waals surface area contributed by atoms with E-state index < -0.39 is 45.3 Å². The molecule has 0 fully saturated rings. The second kappa shape index (κ2) is 22.3. The molecular weight excluding hydrogens is 918 g/mol. The average Bonchev–Trinajstić information content (AvgIpc) is 3.02.